The Bertz CT molecular complexity index is 906. The highest BCUT2D eigenvalue weighted by molar-refractivity contribution is 6.01. The topological polar surface area (TPSA) is 100 Å². The lowest BCUT2D eigenvalue weighted by Gasteiger charge is -2.11. The average molecular weight is 381 g/mol. The Morgan fingerprint density at radius 3 is 2.54 bits per heavy atom. The molecule has 0 aliphatic carbocycles. The number of hydrogen-bond acceptors (Lipinski definition) is 4. The number of carboxylic acid groups (broad SMARTS) is 1. The lowest BCUT2D eigenvalue weighted by atomic mass is 10.0. The number of carbonyl (C=O) groups is 2. The Balaban J connectivity index is 1.42. The minimum atomic E-state index is -0.976. The number of nitrogens with one attached hydrogen (secondary N) is 2. The van der Waals surface area contributed by atoms with Crippen LogP contribution in [0.3, 0.4) is 0 Å². The fraction of sp³-hybridized carbons (Fsp3) is 0.286. The molecule has 0 fully saturated rings. The Morgan fingerprint density at radius 1 is 1.11 bits per heavy atom. The SMILES string of the molecule is Cc1ccc(C2=NOC(CNC(=O)NCc3ccc(C(=O)O)cc3)C2)cc1C. The Kier molecular flexibility index (Phi) is 5.93. The van der Waals surface area contributed by atoms with Crippen molar-refractivity contribution in [3.63, 3.8) is 0 Å². The second kappa shape index (κ2) is 8.56. The van der Waals surface area contributed by atoms with Gasteiger partial charge in [-0.2, -0.15) is 0 Å². The van der Waals surface area contributed by atoms with Crippen LogP contribution < -0.4 is 10.6 Å². The van der Waals surface area contributed by atoms with Gasteiger partial charge in [-0.3, -0.25) is 0 Å². The number of aromatic carboxylic acids is 1. The molecule has 2 aromatic carbocycles. The second-order valence-corrected chi connectivity index (χ2v) is 6.83. The maximum absolute atomic E-state index is 12.0. The van der Waals surface area contributed by atoms with Gasteiger partial charge < -0.3 is 20.6 Å². The molecule has 146 valence electrons. The van der Waals surface area contributed by atoms with E-state index in [0.29, 0.717) is 19.5 Å². The number of nitrogens with zero attached hydrogens (tertiary/aromatic N) is 1. The number of aryl methyl sites for hydroxylation is 2. The monoisotopic (exact) mass is 381 g/mol. The van der Waals surface area contributed by atoms with Crippen LogP contribution in [0.5, 0.6) is 0 Å². The summed E-state index contributed by atoms with van der Waals surface area (Å²) in [4.78, 5) is 28.2. The van der Waals surface area contributed by atoms with Crippen LogP contribution in [0.25, 0.3) is 0 Å². The molecular weight excluding hydrogens is 358 g/mol. The highest BCUT2D eigenvalue weighted by Crippen LogP contribution is 2.18. The molecule has 7 nitrogen and oxygen atoms in total. The van der Waals surface area contributed by atoms with E-state index in [4.69, 9.17) is 9.94 Å². The van der Waals surface area contributed by atoms with Crippen LogP contribution >= 0.6 is 0 Å². The number of amides is 2. The van der Waals surface area contributed by atoms with Crippen LogP contribution in [0, 0.1) is 13.8 Å². The van der Waals surface area contributed by atoms with Crippen LogP contribution in [0.1, 0.15) is 39.0 Å². The Labute approximate surface area is 163 Å². The van der Waals surface area contributed by atoms with Gasteiger partial charge in [0.2, 0.25) is 0 Å². The number of carbonyl (C=O) groups excluding carboxylic acids is 1. The fourth-order valence-corrected chi connectivity index (χ4v) is 2.85. The van der Waals surface area contributed by atoms with Crippen LogP contribution in [0.2, 0.25) is 0 Å². The lowest BCUT2D eigenvalue weighted by molar-refractivity contribution is 0.0697. The van der Waals surface area contributed by atoms with E-state index in [1.54, 1.807) is 12.1 Å². The molecule has 0 spiro atoms. The largest absolute Gasteiger partial charge is 0.478 e. The first-order chi connectivity index (χ1) is 13.4. The van der Waals surface area contributed by atoms with E-state index in [2.05, 4.69) is 41.8 Å². The predicted molar refractivity (Wildman–Crippen MR) is 106 cm³/mol. The van der Waals surface area contributed by atoms with Crippen LogP contribution in [0.15, 0.2) is 47.6 Å². The second-order valence-electron chi connectivity index (χ2n) is 6.83. The van der Waals surface area contributed by atoms with Gasteiger partial charge >= 0.3 is 12.0 Å². The van der Waals surface area contributed by atoms with Gasteiger partial charge in [-0.25, -0.2) is 9.59 Å². The van der Waals surface area contributed by atoms with Crippen molar-refractivity contribution in [2.24, 2.45) is 5.16 Å². The van der Waals surface area contributed by atoms with Crippen LogP contribution in [-0.4, -0.2) is 35.5 Å². The van der Waals surface area contributed by atoms with E-state index in [1.165, 1.54) is 23.3 Å². The third kappa shape index (κ3) is 4.88. The molecule has 1 atom stereocenters. The van der Waals surface area contributed by atoms with Crippen LogP contribution in [-0.2, 0) is 11.4 Å². The molecule has 0 saturated carbocycles. The smallest absolute Gasteiger partial charge is 0.335 e. The highest BCUT2D eigenvalue weighted by Gasteiger charge is 2.22. The van der Waals surface area contributed by atoms with Gasteiger partial charge in [-0.15, -0.1) is 0 Å². The summed E-state index contributed by atoms with van der Waals surface area (Å²) in [7, 11) is 0. The Morgan fingerprint density at radius 2 is 1.86 bits per heavy atom. The molecule has 2 amide bonds. The predicted octanol–water partition coefficient (Wildman–Crippen LogP) is 2.99. The van der Waals surface area contributed by atoms with E-state index in [9.17, 15) is 9.59 Å². The zero-order chi connectivity index (χ0) is 20.1. The maximum Gasteiger partial charge on any atom is 0.335 e. The minimum absolute atomic E-state index is 0.197. The molecule has 1 aliphatic heterocycles. The van der Waals surface area contributed by atoms with E-state index in [0.717, 1.165) is 16.8 Å². The first-order valence-electron chi connectivity index (χ1n) is 9.06. The quantitative estimate of drug-likeness (QED) is 0.716. The van der Waals surface area contributed by atoms with Crippen molar-refractivity contribution in [1.82, 2.24) is 10.6 Å². The van der Waals surface area contributed by atoms with Gasteiger partial charge in [-0.05, 0) is 54.3 Å². The average Bonchev–Trinajstić information content (AvgIpc) is 3.16. The summed E-state index contributed by atoms with van der Waals surface area (Å²) in [6.07, 6.45) is 0.441. The van der Waals surface area contributed by atoms with E-state index in [-0.39, 0.29) is 17.7 Å². The zero-order valence-electron chi connectivity index (χ0n) is 15.9. The first-order valence-corrected chi connectivity index (χ1v) is 9.06. The van der Waals surface area contributed by atoms with E-state index in [1.807, 2.05) is 6.07 Å². The van der Waals surface area contributed by atoms with Crippen LogP contribution in [0.4, 0.5) is 4.79 Å². The van der Waals surface area contributed by atoms with E-state index < -0.39 is 5.97 Å². The molecule has 1 unspecified atom stereocenters. The maximum atomic E-state index is 12.0. The molecule has 0 aromatic heterocycles. The van der Waals surface area contributed by atoms with Gasteiger partial charge in [0.1, 0.15) is 0 Å². The summed E-state index contributed by atoms with van der Waals surface area (Å²) in [5.74, 6) is -0.976. The normalized spacial score (nSPS) is 15.5. The molecule has 3 rings (SSSR count). The molecule has 0 saturated heterocycles. The third-order valence-electron chi connectivity index (χ3n) is 4.72. The lowest BCUT2D eigenvalue weighted by Crippen LogP contribution is -2.39. The molecule has 0 bridgehead atoms. The van der Waals surface area contributed by atoms with Crippen molar-refractivity contribution < 1.29 is 19.5 Å². The fourth-order valence-electron chi connectivity index (χ4n) is 2.85. The summed E-state index contributed by atoms with van der Waals surface area (Å²) < 4.78 is 0. The van der Waals surface area contributed by atoms with Gasteiger partial charge in [0.25, 0.3) is 0 Å². The summed E-state index contributed by atoms with van der Waals surface area (Å²) in [6.45, 7) is 4.79. The van der Waals surface area contributed by atoms with Crippen molar-refractivity contribution in [2.75, 3.05) is 6.54 Å². The molecule has 1 aliphatic rings. The molecule has 1 heterocycles. The summed E-state index contributed by atoms with van der Waals surface area (Å²) >= 11 is 0. The summed E-state index contributed by atoms with van der Waals surface area (Å²) in [5, 5.41) is 18.5. The minimum Gasteiger partial charge on any atom is -0.478 e. The molecule has 7 heteroatoms. The number of urea groups is 1. The van der Waals surface area contributed by atoms with Gasteiger partial charge in [0.15, 0.2) is 6.10 Å². The van der Waals surface area contributed by atoms with Gasteiger partial charge in [0, 0.05) is 13.0 Å². The third-order valence-corrected chi connectivity index (χ3v) is 4.72. The van der Waals surface area contributed by atoms with Crippen molar-refractivity contribution in [2.45, 2.75) is 32.9 Å². The van der Waals surface area contributed by atoms with Crippen molar-refractivity contribution in [1.29, 1.82) is 0 Å². The van der Waals surface area contributed by atoms with Crippen molar-refractivity contribution in [3.05, 3.63) is 70.3 Å². The number of oxime groups is 1. The molecular formula is C21H23N3O4. The number of carboxylic acids is 1. The van der Waals surface area contributed by atoms with Crippen molar-refractivity contribution in [3.8, 4) is 0 Å². The number of rotatable bonds is 6. The summed E-state index contributed by atoms with van der Waals surface area (Å²) in [5.41, 5.74) is 5.39. The molecule has 0 radical (unpaired) electrons. The first kappa shape index (κ1) is 19.4. The number of hydrogen-bond donors (Lipinski definition) is 3. The Hall–Kier alpha value is -3.35. The molecule has 2 aromatic rings. The van der Waals surface area contributed by atoms with E-state index >= 15 is 0 Å². The van der Waals surface area contributed by atoms with Gasteiger partial charge in [-0.1, -0.05) is 29.4 Å². The summed E-state index contributed by atoms with van der Waals surface area (Å²) in [6, 6.07) is 12.2. The molecule has 28 heavy (non-hydrogen) atoms. The zero-order valence-corrected chi connectivity index (χ0v) is 15.9. The number of benzene rings is 2. The molecule has 3 N–H and O–H groups in total. The van der Waals surface area contributed by atoms with Crippen molar-refractivity contribution >= 4 is 17.7 Å². The standard InChI is InChI=1S/C21H23N3O4/c1-13-3-6-17(9-14(13)2)19-10-18(28-24-19)12-23-21(27)22-11-15-4-7-16(8-5-15)20(25)26/h3-9,18H,10-12H2,1-2H3,(H,25,26)(H2,22,23,27). The van der Waals surface area contributed by atoms with Gasteiger partial charge in [0.05, 0.1) is 17.8 Å². The highest BCUT2D eigenvalue weighted by atomic mass is 16.6.